The van der Waals surface area contributed by atoms with Crippen molar-refractivity contribution in [3.05, 3.63) is 0 Å². The summed E-state index contributed by atoms with van der Waals surface area (Å²) in [4.78, 5) is 0. The third-order valence-corrected chi connectivity index (χ3v) is 2.32. The maximum Gasteiger partial charge on any atom is 0.0591 e. The molecule has 0 aliphatic rings. The summed E-state index contributed by atoms with van der Waals surface area (Å²) in [7, 11) is 0. The van der Waals surface area contributed by atoms with E-state index in [9.17, 15) is 5.11 Å². The van der Waals surface area contributed by atoms with Crippen molar-refractivity contribution in [2.45, 2.75) is 53.6 Å². The van der Waals surface area contributed by atoms with Crippen LogP contribution < -0.4 is 0 Å². The van der Waals surface area contributed by atoms with Gasteiger partial charge in [0.25, 0.3) is 0 Å². The van der Waals surface area contributed by atoms with Gasteiger partial charge in [-0.15, -0.1) is 0 Å². The minimum atomic E-state index is -0.155. The summed E-state index contributed by atoms with van der Waals surface area (Å²) in [5.41, 5.74) is 0.0451. The summed E-state index contributed by atoms with van der Waals surface area (Å²) < 4.78 is 0. The number of aliphatic hydroxyl groups is 1. The zero-order valence-electron chi connectivity index (χ0n) is 8.52. The molecule has 0 aromatic heterocycles. The van der Waals surface area contributed by atoms with Gasteiger partial charge in [-0.3, -0.25) is 0 Å². The van der Waals surface area contributed by atoms with Gasteiger partial charge in [0.05, 0.1) is 6.10 Å². The SMILES string of the molecule is CCC(C)CC(O)C(C)(C)C. The molecule has 0 fully saturated rings. The highest BCUT2D eigenvalue weighted by Crippen LogP contribution is 2.25. The highest BCUT2D eigenvalue weighted by Gasteiger charge is 2.22. The molecule has 0 amide bonds. The van der Waals surface area contributed by atoms with E-state index in [1.165, 1.54) is 0 Å². The van der Waals surface area contributed by atoms with Crippen molar-refractivity contribution >= 4 is 0 Å². The Hall–Kier alpha value is -0.0400. The fourth-order valence-electron chi connectivity index (χ4n) is 0.901. The first kappa shape index (κ1) is 11.0. The number of hydrogen-bond acceptors (Lipinski definition) is 1. The second kappa shape index (κ2) is 4.10. The van der Waals surface area contributed by atoms with Crippen LogP contribution in [0, 0.1) is 11.3 Å². The molecule has 0 spiro atoms. The molecule has 0 aliphatic heterocycles. The lowest BCUT2D eigenvalue weighted by Gasteiger charge is -2.27. The largest absolute Gasteiger partial charge is 0.393 e. The number of aliphatic hydroxyl groups excluding tert-OH is 1. The van der Waals surface area contributed by atoms with Gasteiger partial charge >= 0.3 is 0 Å². The molecular formula is C10H22O. The molecule has 11 heavy (non-hydrogen) atoms. The third kappa shape index (κ3) is 4.41. The van der Waals surface area contributed by atoms with Crippen LogP contribution in [0.25, 0.3) is 0 Å². The van der Waals surface area contributed by atoms with Gasteiger partial charge in [0, 0.05) is 0 Å². The standard InChI is InChI=1S/C10H22O/c1-6-8(2)7-9(11)10(3,4)5/h8-9,11H,6-7H2,1-5H3. The molecular weight excluding hydrogens is 136 g/mol. The summed E-state index contributed by atoms with van der Waals surface area (Å²) in [5, 5.41) is 9.69. The zero-order valence-corrected chi connectivity index (χ0v) is 8.52. The van der Waals surface area contributed by atoms with Crippen LogP contribution in [0.4, 0.5) is 0 Å². The molecule has 0 saturated carbocycles. The van der Waals surface area contributed by atoms with Gasteiger partial charge in [-0.2, -0.15) is 0 Å². The molecule has 0 radical (unpaired) electrons. The van der Waals surface area contributed by atoms with Gasteiger partial charge in [-0.1, -0.05) is 41.0 Å². The van der Waals surface area contributed by atoms with Crippen LogP contribution in [0.5, 0.6) is 0 Å². The summed E-state index contributed by atoms with van der Waals surface area (Å²) >= 11 is 0. The van der Waals surface area contributed by atoms with Crippen molar-refractivity contribution in [3.8, 4) is 0 Å². The highest BCUT2D eigenvalue weighted by atomic mass is 16.3. The Morgan fingerprint density at radius 2 is 1.73 bits per heavy atom. The van der Waals surface area contributed by atoms with Crippen LogP contribution in [-0.4, -0.2) is 11.2 Å². The first-order valence-electron chi connectivity index (χ1n) is 4.56. The van der Waals surface area contributed by atoms with Gasteiger partial charge in [0.1, 0.15) is 0 Å². The van der Waals surface area contributed by atoms with E-state index < -0.39 is 0 Å². The molecule has 1 N–H and O–H groups in total. The lowest BCUT2D eigenvalue weighted by Crippen LogP contribution is -2.27. The molecule has 0 aromatic carbocycles. The molecule has 2 unspecified atom stereocenters. The van der Waals surface area contributed by atoms with Gasteiger partial charge < -0.3 is 5.11 Å². The van der Waals surface area contributed by atoms with Crippen molar-refractivity contribution in [2.75, 3.05) is 0 Å². The van der Waals surface area contributed by atoms with E-state index in [1.807, 2.05) is 0 Å². The minimum absolute atomic E-state index is 0.0451. The second-order valence-corrected chi connectivity index (χ2v) is 4.63. The third-order valence-electron chi connectivity index (χ3n) is 2.32. The van der Waals surface area contributed by atoms with E-state index in [2.05, 4.69) is 34.6 Å². The Balaban J connectivity index is 3.77. The van der Waals surface area contributed by atoms with Crippen LogP contribution in [-0.2, 0) is 0 Å². The summed E-state index contributed by atoms with van der Waals surface area (Å²) in [6.45, 7) is 10.6. The quantitative estimate of drug-likeness (QED) is 0.669. The van der Waals surface area contributed by atoms with Crippen LogP contribution in [0.15, 0.2) is 0 Å². The first-order chi connectivity index (χ1) is 4.88. The average molecular weight is 158 g/mol. The van der Waals surface area contributed by atoms with E-state index in [4.69, 9.17) is 0 Å². The number of hydrogen-bond donors (Lipinski definition) is 1. The maximum absolute atomic E-state index is 9.69. The van der Waals surface area contributed by atoms with Gasteiger partial charge in [-0.25, -0.2) is 0 Å². The molecule has 0 aromatic rings. The zero-order chi connectivity index (χ0) is 9.07. The average Bonchev–Trinajstić information content (AvgIpc) is 1.85. The molecule has 1 nitrogen and oxygen atoms in total. The van der Waals surface area contributed by atoms with Crippen molar-refractivity contribution in [1.82, 2.24) is 0 Å². The Kier molecular flexibility index (Phi) is 4.09. The minimum Gasteiger partial charge on any atom is -0.393 e. The predicted octanol–water partition coefficient (Wildman–Crippen LogP) is 2.83. The Morgan fingerprint density at radius 3 is 2.00 bits per heavy atom. The van der Waals surface area contributed by atoms with E-state index in [-0.39, 0.29) is 11.5 Å². The van der Waals surface area contributed by atoms with E-state index in [0.717, 1.165) is 12.8 Å². The lowest BCUT2D eigenvalue weighted by molar-refractivity contribution is 0.0427. The molecule has 0 saturated heterocycles. The summed E-state index contributed by atoms with van der Waals surface area (Å²) in [5.74, 6) is 0.643. The Morgan fingerprint density at radius 1 is 1.27 bits per heavy atom. The van der Waals surface area contributed by atoms with Crippen molar-refractivity contribution in [2.24, 2.45) is 11.3 Å². The van der Waals surface area contributed by atoms with Gasteiger partial charge in [0.2, 0.25) is 0 Å². The van der Waals surface area contributed by atoms with E-state index >= 15 is 0 Å². The molecule has 0 bridgehead atoms. The van der Waals surface area contributed by atoms with Crippen LogP contribution >= 0.6 is 0 Å². The molecule has 0 heterocycles. The summed E-state index contributed by atoms with van der Waals surface area (Å²) in [6, 6.07) is 0. The van der Waals surface area contributed by atoms with Crippen molar-refractivity contribution in [1.29, 1.82) is 0 Å². The summed E-state index contributed by atoms with van der Waals surface area (Å²) in [6.07, 6.45) is 1.94. The maximum atomic E-state index is 9.69. The number of rotatable bonds is 3. The van der Waals surface area contributed by atoms with Crippen molar-refractivity contribution < 1.29 is 5.11 Å². The smallest absolute Gasteiger partial charge is 0.0591 e. The highest BCUT2D eigenvalue weighted by molar-refractivity contribution is 4.74. The first-order valence-corrected chi connectivity index (χ1v) is 4.56. The lowest BCUT2D eigenvalue weighted by atomic mass is 9.83. The Bertz CT molecular complexity index is 102. The molecule has 1 heteroatoms. The van der Waals surface area contributed by atoms with Crippen molar-refractivity contribution in [3.63, 3.8) is 0 Å². The van der Waals surface area contributed by atoms with Gasteiger partial charge in [0.15, 0.2) is 0 Å². The molecule has 0 rings (SSSR count). The van der Waals surface area contributed by atoms with Crippen LogP contribution in [0.3, 0.4) is 0 Å². The van der Waals surface area contributed by atoms with Gasteiger partial charge in [-0.05, 0) is 17.8 Å². The molecule has 68 valence electrons. The second-order valence-electron chi connectivity index (χ2n) is 4.63. The van der Waals surface area contributed by atoms with Crippen LogP contribution in [0.2, 0.25) is 0 Å². The topological polar surface area (TPSA) is 20.2 Å². The monoisotopic (exact) mass is 158 g/mol. The van der Waals surface area contributed by atoms with Crippen LogP contribution in [0.1, 0.15) is 47.5 Å². The Labute approximate surface area is 70.8 Å². The molecule has 2 atom stereocenters. The van der Waals surface area contributed by atoms with E-state index in [0.29, 0.717) is 5.92 Å². The predicted molar refractivity (Wildman–Crippen MR) is 49.5 cm³/mol. The fraction of sp³-hybridized carbons (Fsp3) is 1.00. The molecule has 0 aliphatic carbocycles. The normalized spacial score (nSPS) is 18.0. The fourth-order valence-corrected chi connectivity index (χ4v) is 0.901. The van der Waals surface area contributed by atoms with E-state index in [1.54, 1.807) is 0 Å².